The van der Waals surface area contributed by atoms with Crippen LogP contribution in [0.25, 0.3) is 22.2 Å². The number of aromatic amines is 1. The smallest absolute Gasteiger partial charge is 0.326 e. The van der Waals surface area contributed by atoms with Gasteiger partial charge in [-0.2, -0.15) is 0 Å². The second kappa shape index (κ2) is 16.7. The number of urea groups is 1. The molecule has 0 radical (unpaired) electrons. The van der Waals surface area contributed by atoms with Gasteiger partial charge in [0.15, 0.2) is 0 Å². The Morgan fingerprint density at radius 1 is 0.900 bits per heavy atom. The summed E-state index contributed by atoms with van der Waals surface area (Å²) in [6.45, 7) is 11.0. The fourth-order valence-electron chi connectivity index (χ4n) is 5.92. The molecule has 3 aromatic heterocycles. The minimum absolute atomic E-state index is 0.0815. The van der Waals surface area contributed by atoms with Crippen molar-refractivity contribution < 1.29 is 14.3 Å². The van der Waals surface area contributed by atoms with E-state index in [4.69, 9.17) is 4.74 Å². The molecule has 3 amide bonds. The van der Waals surface area contributed by atoms with Crippen LogP contribution >= 0.6 is 0 Å². The Labute approximate surface area is 293 Å². The molecule has 0 saturated carbocycles. The van der Waals surface area contributed by atoms with Crippen LogP contribution in [-0.2, 0) is 11.2 Å². The zero-order valence-corrected chi connectivity index (χ0v) is 29.5. The van der Waals surface area contributed by atoms with E-state index in [-0.39, 0.29) is 30.0 Å². The summed E-state index contributed by atoms with van der Waals surface area (Å²) in [4.78, 5) is 51.7. The molecule has 3 N–H and O–H groups in total. The minimum atomic E-state index is -0.431. The number of hydrogen-bond donors (Lipinski definition) is 3. The molecule has 10 nitrogen and oxygen atoms in total. The van der Waals surface area contributed by atoms with Gasteiger partial charge in [0.05, 0.1) is 6.61 Å². The number of aryl methyl sites for hydroxylation is 1. The highest BCUT2D eigenvalue weighted by atomic mass is 16.5. The van der Waals surface area contributed by atoms with Crippen LogP contribution in [0.3, 0.4) is 0 Å². The van der Waals surface area contributed by atoms with Crippen molar-refractivity contribution in [2.75, 3.05) is 29.9 Å². The van der Waals surface area contributed by atoms with Crippen LogP contribution in [-0.4, -0.2) is 46.6 Å². The molecule has 0 aliphatic heterocycles. The number of fused-ring (bicyclic) bond motifs is 1. The van der Waals surface area contributed by atoms with Crippen molar-refractivity contribution in [3.63, 3.8) is 0 Å². The maximum absolute atomic E-state index is 14.2. The average molecular weight is 675 g/mol. The van der Waals surface area contributed by atoms with Gasteiger partial charge in [-0.25, -0.2) is 9.78 Å². The first-order valence-electron chi connectivity index (χ1n) is 17.2. The fourth-order valence-corrected chi connectivity index (χ4v) is 5.92. The lowest BCUT2D eigenvalue weighted by molar-refractivity contribution is -0.118. The first kappa shape index (κ1) is 35.8. The maximum atomic E-state index is 14.2. The van der Waals surface area contributed by atoms with E-state index in [2.05, 4.69) is 83.6 Å². The van der Waals surface area contributed by atoms with E-state index >= 15 is 0 Å². The molecule has 0 spiro atoms. The zero-order chi connectivity index (χ0) is 35.6. The van der Waals surface area contributed by atoms with Crippen LogP contribution < -0.4 is 25.8 Å². The van der Waals surface area contributed by atoms with Crippen LogP contribution in [0.15, 0.2) is 90.1 Å². The Morgan fingerprint density at radius 3 is 2.36 bits per heavy atom. The SMILES string of the molecule is CC(=O)NCCCN(C(=O)Nc1c(C(C)C)cc(-c2cccc(OCCCc3cccnc3)c2)cc1C(C)C)c1cc2cccnc2[nH]c1=O. The van der Waals surface area contributed by atoms with Gasteiger partial charge in [-0.1, -0.05) is 45.9 Å². The molecule has 2 aromatic carbocycles. The number of carbonyl (C=O) groups is 2. The molecule has 5 rings (SSSR count). The summed E-state index contributed by atoms with van der Waals surface area (Å²) in [5.74, 6) is 0.807. The average Bonchev–Trinajstić information content (AvgIpc) is 3.10. The zero-order valence-electron chi connectivity index (χ0n) is 29.5. The first-order chi connectivity index (χ1) is 24.1. The number of carbonyl (C=O) groups excluding carboxylic acids is 2. The van der Waals surface area contributed by atoms with Crippen molar-refractivity contribution in [2.24, 2.45) is 0 Å². The van der Waals surface area contributed by atoms with Gasteiger partial charge in [0.25, 0.3) is 5.56 Å². The van der Waals surface area contributed by atoms with Gasteiger partial charge in [0, 0.05) is 49.7 Å². The molecular formula is C40H46N6O4. The number of hydrogen-bond acceptors (Lipinski definition) is 6. The lowest BCUT2D eigenvalue weighted by Crippen LogP contribution is -2.40. The Kier molecular flexibility index (Phi) is 12.0. The van der Waals surface area contributed by atoms with E-state index in [0.29, 0.717) is 30.6 Å². The fraction of sp³-hybridized carbons (Fsp3) is 0.325. The summed E-state index contributed by atoms with van der Waals surface area (Å²) in [6, 6.07) is 21.3. The Hall–Kier alpha value is -5.51. The monoisotopic (exact) mass is 674 g/mol. The molecule has 0 aliphatic carbocycles. The standard InChI is InChI=1S/C40H46N6O4/c1-26(2)34-22-32(30-13-6-15-33(21-30)50-20-9-12-29-11-7-16-41-25-29)23-35(27(3)4)37(34)44-40(49)46(19-10-18-42-28(5)47)36-24-31-14-8-17-43-38(31)45-39(36)48/h6-8,11,13-17,21-27H,9-10,12,18-20H2,1-5H3,(H,42,47)(H,44,49)(H,43,45,48). The van der Waals surface area contributed by atoms with Crippen molar-refractivity contribution >= 4 is 34.3 Å². The normalized spacial score (nSPS) is 11.2. The molecule has 260 valence electrons. The van der Waals surface area contributed by atoms with E-state index in [1.165, 1.54) is 17.4 Å². The predicted octanol–water partition coefficient (Wildman–Crippen LogP) is 7.81. The molecule has 3 heterocycles. The number of H-pyrrole nitrogens is 1. The van der Waals surface area contributed by atoms with Gasteiger partial charge in [-0.05, 0) is 107 Å². The van der Waals surface area contributed by atoms with Crippen molar-refractivity contribution in [1.29, 1.82) is 0 Å². The second-order valence-corrected chi connectivity index (χ2v) is 13.0. The summed E-state index contributed by atoms with van der Waals surface area (Å²) in [5, 5.41) is 6.69. The third-order valence-corrected chi connectivity index (χ3v) is 8.51. The number of pyridine rings is 3. The van der Waals surface area contributed by atoms with Crippen LogP contribution in [0.5, 0.6) is 5.75 Å². The molecule has 0 atom stereocenters. The predicted molar refractivity (Wildman–Crippen MR) is 200 cm³/mol. The van der Waals surface area contributed by atoms with Gasteiger partial charge in [0.2, 0.25) is 5.91 Å². The number of aromatic nitrogens is 3. The van der Waals surface area contributed by atoms with Crippen molar-refractivity contribution in [1.82, 2.24) is 20.3 Å². The third-order valence-electron chi connectivity index (χ3n) is 8.51. The highest BCUT2D eigenvalue weighted by molar-refractivity contribution is 6.03. The number of nitrogens with one attached hydrogen (secondary N) is 3. The summed E-state index contributed by atoms with van der Waals surface area (Å²) in [5.41, 5.74) is 6.17. The number of nitrogens with zero attached hydrogens (tertiary/aromatic N) is 3. The number of rotatable bonds is 14. The van der Waals surface area contributed by atoms with E-state index < -0.39 is 11.6 Å². The Balaban J connectivity index is 1.43. The molecule has 5 aromatic rings. The van der Waals surface area contributed by atoms with Crippen LogP contribution in [0.1, 0.15) is 76.0 Å². The third kappa shape index (κ3) is 9.13. The lowest BCUT2D eigenvalue weighted by Gasteiger charge is -2.27. The Bertz CT molecular complexity index is 1960. The van der Waals surface area contributed by atoms with E-state index in [1.54, 1.807) is 24.5 Å². The highest BCUT2D eigenvalue weighted by Crippen LogP contribution is 2.38. The summed E-state index contributed by atoms with van der Waals surface area (Å²) in [7, 11) is 0. The summed E-state index contributed by atoms with van der Waals surface area (Å²) >= 11 is 0. The second-order valence-electron chi connectivity index (χ2n) is 13.0. The van der Waals surface area contributed by atoms with Crippen LogP contribution in [0, 0.1) is 0 Å². The quantitative estimate of drug-likeness (QED) is 0.103. The van der Waals surface area contributed by atoms with Gasteiger partial charge < -0.3 is 20.4 Å². The van der Waals surface area contributed by atoms with Crippen LogP contribution in [0.4, 0.5) is 16.2 Å². The van der Waals surface area contributed by atoms with Crippen LogP contribution in [0.2, 0.25) is 0 Å². The number of amides is 3. The van der Waals surface area contributed by atoms with Crippen molar-refractivity contribution in [3.05, 3.63) is 112 Å². The summed E-state index contributed by atoms with van der Waals surface area (Å²) in [6.07, 6.45) is 7.50. The van der Waals surface area contributed by atoms with E-state index in [0.717, 1.165) is 46.5 Å². The lowest BCUT2D eigenvalue weighted by atomic mass is 9.88. The van der Waals surface area contributed by atoms with Gasteiger partial charge >= 0.3 is 6.03 Å². The van der Waals surface area contributed by atoms with Crippen molar-refractivity contribution in [3.8, 4) is 16.9 Å². The molecule has 0 unspecified atom stereocenters. The summed E-state index contributed by atoms with van der Waals surface area (Å²) < 4.78 is 6.14. The number of benzene rings is 2. The molecule has 0 fully saturated rings. The van der Waals surface area contributed by atoms with Gasteiger partial charge in [-0.15, -0.1) is 0 Å². The maximum Gasteiger partial charge on any atom is 0.326 e. The first-order valence-corrected chi connectivity index (χ1v) is 17.2. The largest absolute Gasteiger partial charge is 0.494 e. The molecule has 50 heavy (non-hydrogen) atoms. The highest BCUT2D eigenvalue weighted by Gasteiger charge is 2.24. The van der Waals surface area contributed by atoms with E-state index in [1.807, 2.05) is 30.5 Å². The minimum Gasteiger partial charge on any atom is -0.494 e. The number of ether oxygens (including phenoxy) is 1. The Morgan fingerprint density at radius 2 is 1.66 bits per heavy atom. The molecule has 0 bridgehead atoms. The van der Waals surface area contributed by atoms with E-state index in [9.17, 15) is 14.4 Å². The molecule has 0 saturated heterocycles. The molecule has 10 heteroatoms. The number of anilines is 2. The molecule has 0 aliphatic rings. The van der Waals surface area contributed by atoms with Gasteiger partial charge in [0.1, 0.15) is 17.1 Å². The molecular weight excluding hydrogens is 628 g/mol. The topological polar surface area (TPSA) is 129 Å². The van der Waals surface area contributed by atoms with Gasteiger partial charge in [-0.3, -0.25) is 19.5 Å². The van der Waals surface area contributed by atoms with Crippen molar-refractivity contribution in [2.45, 2.75) is 65.7 Å².